The molecule has 0 saturated carbocycles. The largest absolute Gasteiger partial charge is 0.416 e. The Morgan fingerprint density at radius 3 is 1.68 bits per heavy atom. The van der Waals surface area contributed by atoms with Crippen molar-refractivity contribution < 1.29 is 13.2 Å². The van der Waals surface area contributed by atoms with Crippen LogP contribution in [0.15, 0.2) is 127 Å². The SMILES string of the molecule is CC(C)(C)c1ccc2c(c1)c1cc(C(C)(C)C)cc3c1n2-c1cc(-c2ccc(C(F)(F)F)cc2)cc2c1B3c1cc3ccc4ccccc4c3c3c4ccc(C(C)(C)C)cc4n-2c13. The third-order valence-electron chi connectivity index (χ3n) is 14.3. The summed E-state index contributed by atoms with van der Waals surface area (Å²) in [5, 5.41) is 9.77. The fourth-order valence-corrected chi connectivity index (χ4v) is 11.0. The molecule has 8 aromatic carbocycles. The summed E-state index contributed by atoms with van der Waals surface area (Å²) in [6, 6.07) is 44.8. The predicted octanol–water partition coefficient (Wildman–Crippen LogP) is 13.9. The monoisotopic (exact) mass is 828 g/mol. The minimum absolute atomic E-state index is 0.0586. The molecule has 310 valence electrons. The van der Waals surface area contributed by atoms with Crippen LogP contribution < -0.4 is 16.4 Å². The van der Waals surface area contributed by atoms with E-state index in [4.69, 9.17) is 0 Å². The summed E-state index contributed by atoms with van der Waals surface area (Å²) in [6.07, 6.45) is -4.43. The van der Waals surface area contributed by atoms with E-state index >= 15 is 0 Å². The molecular weight excluding hydrogens is 780 g/mol. The van der Waals surface area contributed by atoms with Crippen LogP contribution in [-0.4, -0.2) is 15.8 Å². The van der Waals surface area contributed by atoms with Gasteiger partial charge >= 0.3 is 6.18 Å². The Hall–Kier alpha value is -6.27. The maximum Gasteiger partial charge on any atom is 0.416 e. The molecule has 0 atom stereocenters. The number of rotatable bonds is 1. The van der Waals surface area contributed by atoms with Crippen LogP contribution in [0.1, 0.15) is 84.6 Å². The summed E-state index contributed by atoms with van der Waals surface area (Å²) >= 11 is 0. The van der Waals surface area contributed by atoms with Crippen LogP contribution in [0.25, 0.3) is 87.7 Å². The van der Waals surface area contributed by atoms with Gasteiger partial charge in [0.15, 0.2) is 0 Å². The number of fused-ring (bicyclic) bond motifs is 14. The first-order valence-electron chi connectivity index (χ1n) is 22.2. The number of nitrogens with zero attached hydrogens (tertiary/aromatic N) is 2. The van der Waals surface area contributed by atoms with E-state index in [9.17, 15) is 13.2 Å². The van der Waals surface area contributed by atoms with Gasteiger partial charge in [-0.05, 0) is 131 Å². The molecule has 0 spiro atoms. The summed E-state index contributed by atoms with van der Waals surface area (Å²) in [5.74, 6) is 0. The lowest BCUT2D eigenvalue weighted by molar-refractivity contribution is -0.137. The zero-order valence-corrected chi connectivity index (χ0v) is 37.2. The van der Waals surface area contributed by atoms with Crippen molar-refractivity contribution in [2.24, 2.45) is 0 Å². The molecule has 0 unspecified atom stereocenters. The van der Waals surface area contributed by atoms with Gasteiger partial charge in [0.05, 0.1) is 22.1 Å². The van der Waals surface area contributed by atoms with E-state index in [2.05, 4.69) is 175 Å². The van der Waals surface area contributed by atoms with E-state index in [0.29, 0.717) is 0 Å². The van der Waals surface area contributed by atoms with Crippen LogP contribution >= 0.6 is 0 Å². The molecule has 2 nitrogen and oxygen atoms in total. The zero-order chi connectivity index (χ0) is 43.9. The third-order valence-corrected chi connectivity index (χ3v) is 14.3. The Labute approximate surface area is 366 Å². The number of aromatic nitrogens is 2. The first-order valence-corrected chi connectivity index (χ1v) is 22.2. The highest BCUT2D eigenvalue weighted by atomic mass is 19.4. The summed E-state index contributed by atoms with van der Waals surface area (Å²) in [4.78, 5) is 0. The Morgan fingerprint density at radius 2 is 1.00 bits per heavy atom. The maximum atomic E-state index is 14.0. The van der Waals surface area contributed by atoms with E-state index in [0.717, 1.165) is 33.5 Å². The Bertz CT molecular complexity index is 3650. The Morgan fingerprint density at radius 1 is 0.413 bits per heavy atom. The topological polar surface area (TPSA) is 9.86 Å². The van der Waals surface area contributed by atoms with Crippen LogP contribution in [-0.2, 0) is 22.4 Å². The molecule has 63 heavy (non-hydrogen) atoms. The summed E-state index contributed by atoms with van der Waals surface area (Å²) in [6.45, 7) is 20.4. The van der Waals surface area contributed by atoms with Crippen molar-refractivity contribution in [2.75, 3.05) is 0 Å². The molecule has 2 aromatic heterocycles. The molecule has 10 aromatic rings. The molecule has 0 aliphatic carbocycles. The zero-order valence-electron chi connectivity index (χ0n) is 37.2. The van der Waals surface area contributed by atoms with Crippen LogP contribution in [0.4, 0.5) is 13.2 Å². The quantitative estimate of drug-likeness (QED) is 0.115. The van der Waals surface area contributed by atoms with Gasteiger partial charge in [-0.25, -0.2) is 0 Å². The Balaban J connectivity index is 1.32. The lowest BCUT2D eigenvalue weighted by Crippen LogP contribution is -2.59. The predicted molar refractivity (Wildman–Crippen MR) is 261 cm³/mol. The van der Waals surface area contributed by atoms with Crippen LogP contribution in [0.2, 0.25) is 0 Å². The molecule has 0 bridgehead atoms. The van der Waals surface area contributed by atoms with Gasteiger partial charge in [0.25, 0.3) is 6.71 Å². The van der Waals surface area contributed by atoms with Crippen molar-refractivity contribution >= 4 is 88.3 Å². The second-order valence-electron chi connectivity index (χ2n) is 21.4. The Kier molecular flexibility index (Phi) is 7.47. The average Bonchev–Trinajstić information content (AvgIpc) is 3.75. The van der Waals surface area contributed by atoms with Gasteiger partial charge in [-0.15, -0.1) is 0 Å². The van der Waals surface area contributed by atoms with Gasteiger partial charge < -0.3 is 9.13 Å². The van der Waals surface area contributed by atoms with E-state index in [1.807, 2.05) is 0 Å². The molecule has 0 amide bonds. The van der Waals surface area contributed by atoms with Crippen molar-refractivity contribution in [3.05, 3.63) is 150 Å². The number of hydrogen-bond acceptors (Lipinski definition) is 0. The van der Waals surface area contributed by atoms with Gasteiger partial charge in [0.2, 0.25) is 0 Å². The molecule has 0 N–H and O–H groups in total. The highest BCUT2D eigenvalue weighted by Crippen LogP contribution is 2.46. The maximum absolute atomic E-state index is 14.0. The average molecular weight is 829 g/mol. The lowest BCUT2D eigenvalue weighted by Gasteiger charge is -2.35. The van der Waals surface area contributed by atoms with Gasteiger partial charge in [0.1, 0.15) is 0 Å². The van der Waals surface area contributed by atoms with E-state index in [-0.39, 0.29) is 23.0 Å². The van der Waals surface area contributed by atoms with Gasteiger partial charge in [-0.2, -0.15) is 13.2 Å². The van der Waals surface area contributed by atoms with Gasteiger partial charge in [-0.1, -0.05) is 141 Å². The molecule has 0 fully saturated rings. The van der Waals surface area contributed by atoms with Crippen LogP contribution in [0, 0.1) is 0 Å². The summed E-state index contributed by atoms with van der Waals surface area (Å²) in [7, 11) is 0. The second kappa shape index (κ2) is 12.3. The first-order chi connectivity index (χ1) is 29.8. The van der Waals surface area contributed by atoms with E-state index < -0.39 is 11.7 Å². The lowest BCUT2D eigenvalue weighted by atomic mass is 9.34. The van der Waals surface area contributed by atoms with Crippen LogP contribution in [0.3, 0.4) is 0 Å². The fourth-order valence-electron chi connectivity index (χ4n) is 11.0. The smallest absolute Gasteiger partial charge is 0.310 e. The molecule has 0 saturated heterocycles. The molecule has 12 rings (SSSR count). The second-order valence-corrected chi connectivity index (χ2v) is 21.4. The highest BCUT2D eigenvalue weighted by molar-refractivity contribution is 7.00. The first kappa shape index (κ1) is 38.4. The summed E-state index contributed by atoms with van der Waals surface area (Å²) in [5.41, 5.74) is 15.1. The normalized spacial score (nSPS) is 14.0. The van der Waals surface area contributed by atoms with Crippen molar-refractivity contribution in [1.29, 1.82) is 0 Å². The number of halogens is 3. The molecule has 6 heteroatoms. The number of benzene rings is 8. The van der Waals surface area contributed by atoms with Crippen molar-refractivity contribution in [1.82, 2.24) is 9.13 Å². The minimum Gasteiger partial charge on any atom is -0.310 e. The molecule has 2 aliphatic heterocycles. The van der Waals surface area contributed by atoms with Gasteiger partial charge in [-0.3, -0.25) is 0 Å². The number of alkyl halides is 3. The third kappa shape index (κ3) is 5.33. The van der Waals surface area contributed by atoms with Gasteiger partial charge in [0, 0.05) is 38.4 Å². The van der Waals surface area contributed by atoms with Crippen molar-refractivity contribution in [2.45, 2.75) is 84.7 Å². The fraction of sp³-hybridized carbons (Fsp3) is 0.228. The minimum atomic E-state index is -4.43. The highest BCUT2D eigenvalue weighted by Gasteiger charge is 2.43. The molecule has 0 radical (unpaired) electrons. The van der Waals surface area contributed by atoms with Crippen LogP contribution in [0.5, 0.6) is 0 Å². The molecule has 2 aliphatic rings. The molecule has 4 heterocycles. The summed E-state index contributed by atoms with van der Waals surface area (Å²) < 4.78 is 47.0. The standard InChI is InChI=1S/C57H48BF3N2/c1-54(2,3)36-21-23-45-41(27-36)42-28-38(56(7,8)9)29-44-52(42)62(45)47-25-34(31-16-18-35(19-17-31)57(59,60)61)26-48-51(47)58(44)43-24-33-15-14-32-12-10-11-13-39(32)49(33)50-40-22-20-37(55(4,5)6)30-46(40)63(48)53(43)50/h10-30H,1-9H3. The van der Waals surface area contributed by atoms with E-state index in [1.165, 1.54) is 99.3 Å². The molecular formula is C57H48BF3N2. The van der Waals surface area contributed by atoms with E-state index in [1.54, 1.807) is 12.1 Å². The van der Waals surface area contributed by atoms with Crippen molar-refractivity contribution in [3.63, 3.8) is 0 Å². The van der Waals surface area contributed by atoms with Crippen molar-refractivity contribution in [3.8, 4) is 22.5 Å². The number of hydrogen-bond donors (Lipinski definition) is 0.